The van der Waals surface area contributed by atoms with E-state index in [9.17, 15) is 4.79 Å². The highest BCUT2D eigenvalue weighted by Crippen LogP contribution is 2.39. The number of aldehydes is 1. The van der Waals surface area contributed by atoms with Gasteiger partial charge in [0.1, 0.15) is 17.8 Å². The second kappa shape index (κ2) is 4.56. The summed E-state index contributed by atoms with van der Waals surface area (Å²) in [6.45, 7) is 0. The highest BCUT2D eigenvalue weighted by molar-refractivity contribution is 5.67. The van der Waals surface area contributed by atoms with Crippen molar-refractivity contribution in [2.45, 2.75) is 25.2 Å². The molecule has 1 aliphatic carbocycles. The molecule has 0 spiro atoms. The maximum absolute atomic E-state index is 11.1. The van der Waals surface area contributed by atoms with Crippen LogP contribution in [0.3, 0.4) is 0 Å². The smallest absolute Gasteiger partial charge is 0.127 e. The second-order valence-corrected chi connectivity index (χ2v) is 4.04. The van der Waals surface area contributed by atoms with Gasteiger partial charge in [0.2, 0.25) is 0 Å². The molecule has 0 saturated heterocycles. The lowest BCUT2D eigenvalue weighted by atomic mass is 9.83. The Hall–Kier alpha value is -1.51. The van der Waals surface area contributed by atoms with Crippen molar-refractivity contribution in [2.24, 2.45) is 0 Å². The summed E-state index contributed by atoms with van der Waals surface area (Å²) in [5, 5.41) is 0. The lowest BCUT2D eigenvalue weighted by molar-refractivity contribution is -0.109. The molecule has 1 aromatic carbocycles. The van der Waals surface area contributed by atoms with Gasteiger partial charge in [0, 0.05) is 17.5 Å². The maximum Gasteiger partial charge on any atom is 0.127 e. The summed E-state index contributed by atoms with van der Waals surface area (Å²) in [4.78, 5) is 11.1. The van der Waals surface area contributed by atoms with Gasteiger partial charge < -0.3 is 14.3 Å². The summed E-state index contributed by atoms with van der Waals surface area (Å²) in [5.41, 5.74) is 2.23. The first-order chi connectivity index (χ1) is 7.80. The van der Waals surface area contributed by atoms with Crippen molar-refractivity contribution in [3.8, 4) is 11.5 Å². The summed E-state index contributed by atoms with van der Waals surface area (Å²) in [7, 11) is 3.27. The van der Waals surface area contributed by atoms with Gasteiger partial charge >= 0.3 is 0 Å². The summed E-state index contributed by atoms with van der Waals surface area (Å²) in [5.74, 6) is 1.54. The first-order valence-electron chi connectivity index (χ1n) is 5.50. The molecule has 2 rings (SSSR count). The Kier molecular flexibility index (Phi) is 3.13. The van der Waals surface area contributed by atoms with Crippen LogP contribution in [0, 0.1) is 0 Å². The predicted octanol–water partition coefficient (Wildman–Crippen LogP) is 2.32. The van der Waals surface area contributed by atoms with Crippen LogP contribution in [0.2, 0.25) is 0 Å². The van der Waals surface area contributed by atoms with Gasteiger partial charge in [0.05, 0.1) is 14.2 Å². The molecule has 0 saturated carbocycles. The first kappa shape index (κ1) is 11.0. The van der Waals surface area contributed by atoms with Crippen molar-refractivity contribution in [1.29, 1.82) is 0 Å². The first-order valence-corrected chi connectivity index (χ1v) is 5.50. The minimum atomic E-state index is -0.0235. The van der Waals surface area contributed by atoms with Crippen LogP contribution < -0.4 is 9.47 Å². The Morgan fingerprint density at radius 3 is 2.75 bits per heavy atom. The molecule has 1 aromatic rings. The molecule has 0 aromatic heterocycles. The summed E-state index contributed by atoms with van der Waals surface area (Å²) in [6.07, 6.45) is 3.98. The third-order valence-corrected chi connectivity index (χ3v) is 3.15. The molecule has 3 nitrogen and oxygen atoms in total. The third-order valence-electron chi connectivity index (χ3n) is 3.15. The summed E-state index contributed by atoms with van der Waals surface area (Å²) >= 11 is 0. The maximum atomic E-state index is 11.1. The van der Waals surface area contributed by atoms with E-state index in [1.54, 1.807) is 14.2 Å². The second-order valence-electron chi connectivity index (χ2n) is 4.04. The highest BCUT2D eigenvalue weighted by atomic mass is 16.5. The third kappa shape index (κ3) is 1.77. The van der Waals surface area contributed by atoms with Gasteiger partial charge in [-0.25, -0.2) is 0 Å². The monoisotopic (exact) mass is 220 g/mol. The number of carbonyl (C=O) groups is 1. The quantitative estimate of drug-likeness (QED) is 0.733. The fourth-order valence-electron chi connectivity index (χ4n) is 2.36. The number of ether oxygens (including phenoxy) is 2. The number of rotatable bonds is 3. The average Bonchev–Trinajstić information content (AvgIpc) is 2.36. The Balaban J connectivity index is 2.54. The number of aryl methyl sites for hydroxylation is 1. The van der Waals surface area contributed by atoms with Crippen LogP contribution in [0.4, 0.5) is 0 Å². The molecule has 0 unspecified atom stereocenters. The van der Waals surface area contributed by atoms with Gasteiger partial charge in [-0.3, -0.25) is 0 Å². The predicted molar refractivity (Wildman–Crippen MR) is 61.3 cm³/mol. The summed E-state index contributed by atoms with van der Waals surface area (Å²) in [6, 6.07) is 3.86. The van der Waals surface area contributed by atoms with E-state index in [1.165, 1.54) is 5.56 Å². The van der Waals surface area contributed by atoms with E-state index in [0.29, 0.717) is 0 Å². The van der Waals surface area contributed by atoms with Crippen molar-refractivity contribution in [1.82, 2.24) is 0 Å². The van der Waals surface area contributed by atoms with E-state index in [4.69, 9.17) is 9.47 Å². The minimum Gasteiger partial charge on any atom is -0.497 e. The van der Waals surface area contributed by atoms with Gasteiger partial charge in [0.15, 0.2) is 0 Å². The van der Waals surface area contributed by atoms with Gasteiger partial charge in [-0.15, -0.1) is 0 Å². The lowest BCUT2D eigenvalue weighted by Gasteiger charge is -2.24. The molecule has 0 heterocycles. The fourth-order valence-corrected chi connectivity index (χ4v) is 2.36. The van der Waals surface area contributed by atoms with Crippen molar-refractivity contribution < 1.29 is 14.3 Å². The zero-order valence-electron chi connectivity index (χ0n) is 9.66. The molecule has 0 fully saturated rings. The van der Waals surface area contributed by atoms with E-state index >= 15 is 0 Å². The lowest BCUT2D eigenvalue weighted by Crippen LogP contribution is -2.12. The largest absolute Gasteiger partial charge is 0.497 e. The number of hydrogen-bond donors (Lipinski definition) is 0. The van der Waals surface area contributed by atoms with E-state index < -0.39 is 0 Å². The van der Waals surface area contributed by atoms with E-state index in [1.807, 2.05) is 12.1 Å². The van der Waals surface area contributed by atoms with Crippen molar-refractivity contribution in [2.75, 3.05) is 14.2 Å². The molecule has 3 heteroatoms. The van der Waals surface area contributed by atoms with Crippen molar-refractivity contribution >= 4 is 6.29 Å². The van der Waals surface area contributed by atoms with Crippen LogP contribution in [0.1, 0.15) is 29.9 Å². The number of methoxy groups -OCH3 is 2. The molecular formula is C13H16O3. The number of fused-ring (bicyclic) bond motifs is 1. The topological polar surface area (TPSA) is 35.5 Å². The molecular weight excluding hydrogens is 204 g/mol. The Bertz CT molecular complexity index is 381. The number of hydrogen-bond acceptors (Lipinski definition) is 3. The molecule has 86 valence electrons. The van der Waals surface area contributed by atoms with Crippen molar-refractivity contribution in [3.05, 3.63) is 23.3 Å². The van der Waals surface area contributed by atoms with Crippen LogP contribution in [0.5, 0.6) is 11.5 Å². The standard InChI is InChI=1S/C13H16O3/c1-15-11-6-9-4-3-5-10(8-14)13(9)12(7-11)16-2/h6-8,10H,3-5H2,1-2H3/t10-/m0/s1. The van der Waals surface area contributed by atoms with Gasteiger partial charge in [-0.2, -0.15) is 0 Å². The zero-order chi connectivity index (χ0) is 11.5. The average molecular weight is 220 g/mol. The van der Waals surface area contributed by atoms with Gasteiger partial charge in [-0.05, 0) is 30.9 Å². The fraction of sp³-hybridized carbons (Fsp3) is 0.462. The molecule has 0 bridgehead atoms. The van der Waals surface area contributed by atoms with Crippen LogP contribution in [-0.4, -0.2) is 20.5 Å². The zero-order valence-corrected chi connectivity index (χ0v) is 9.66. The van der Waals surface area contributed by atoms with Crippen LogP contribution in [-0.2, 0) is 11.2 Å². The van der Waals surface area contributed by atoms with E-state index in [0.717, 1.165) is 42.6 Å². The van der Waals surface area contributed by atoms with Crippen LogP contribution in [0.15, 0.2) is 12.1 Å². The SMILES string of the molecule is COc1cc2c(c(OC)c1)[C@H](C=O)CCC2. The molecule has 0 radical (unpaired) electrons. The highest BCUT2D eigenvalue weighted by Gasteiger charge is 2.24. The molecule has 0 amide bonds. The Labute approximate surface area is 95.4 Å². The molecule has 1 atom stereocenters. The molecule has 0 aliphatic heterocycles. The normalized spacial score (nSPS) is 18.8. The molecule has 16 heavy (non-hydrogen) atoms. The minimum absolute atomic E-state index is 0.0235. The van der Waals surface area contributed by atoms with Crippen LogP contribution >= 0.6 is 0 Å². The van der Waals surface area contributed by atoms with Crippen molar-refractivity contribution in [3.63, 3.8) is 0 Å². The molecule has 1 aliphatic rings. The summed E-state index contributed by atoms with van der Waals surface area (Å²) < 4.78 is 10.6. The Morgan fingerprint density at radius 1 is 1.31 bits per heavy atom. The van der Waals surface area contributed by atoms with Gasteiger partial charge in [-0.1, -0.05) is 0 Å². The van der Waals surface area contributed by atoms with Gasteiger partial charge in [0.25, 0.3) is 0 Å². The van der Waals surface area contributed by atoms with E-state index in [-0.39, 0.29) is 5.92 Å². The Morgan fingerprint density at radius 2 is 2.12 bits per heavy atom. The van der Waals surface area contributed by atoms with Crippen LogP contribution in [0.25, 0.3) is 0 Å². The molecule has 0 N–H and O–H groups in total. The number of benzene rings is 1. The van der Waals surface area contributed by atoms with E-state index in [2.05, 4.69) is 0 Å². The number of carbonyl (C=O) groups excluding carboxylic acids is 1.